The zero-order chi connectivity index (χ0) is 19.6. The maximum absolute atomic E-state index is 2.29. The van der Waals surface area contributed by atoms with Crippen LogP contribution in [-0.2, 0) is 11.8 Å². The molecule has 0 amide bonds. The molecular weight excluding hydrogens is 358 g/mol. The number of hydrogen-bond donors (Lipinski definition) is 0. The van der Waals surface area contributed by atoms with E-state index in [1.165, 1.54) is 39.3 Å². The van der Waals surface area contributed by atoms with Crippen molar-refractivity contribution in [2.45, 2.75) is 11.8 Å². The number of rotatable bonds is 4. The van der Waals surface area contributed by atoms with Crippen LogP contribution in [0.25, 0.3) is 0 Å². The lowest BCUT2D eigenvalue weighted by Gasteiger charge is -2.25. The normalized spacial score (nSPS) is 9.93. The van der Waals surface area contributed by atoms with Crippen LogP contribution in [0.15, 0.2) is 120 Å². The van der Waals surface area contributed by atoms with Gasteiger partial charge in [-0.25, -0.2) is 0 Å². The lowest BCUT2D eigenvalue weighted by atomic mass is 10.2. The lowest BCUT2D eigenvalue weighted by Crippen LogP contribution is -2.09. The van der Waals surface area contributed by atoms with Crippen molar-refractivity contribution < 1.29 is 0 Å². The molecule has 4 rings (SSSR count). The smallest absolute Gasteiger partial charge is 0.154 e. The fraction of sp³-hybridized carbons (Fsp3) is 0.0769. The molecular formula is C26H26NS+. The molecule has 28 heavy (non-hydrogen) atoms. The second kappa shape index (κ2) is 10.4. The second-order valence-corrected chi connectivity index (χ2v) is 7.37. The number of benzene rings is 4. The van der Waals surface area contributed by atoms with Crippen LogP contribution in [0.1, 0.15) is 5.56 Å². The summed E-state index contributed by atoms with van der Waals surface area (Å²) in [6.45, 7) is 2.08. The summed E-state index contributed by atoms with van der Waals surface area (Å²) in [5.74, 6) is 0. The molecule has 0 spiro atoms. The van der Waals surface area contributed by atoms with Crippen LogP contribution in [0.5, 0.6) is 0 Å². The summed E-state index contributed by atoms with van der Waals surface area (Å²) in [7, 11) is 0. The van der Waals surface area contributed by atoms with Crippen molar-refractivity contribution >= 4 is 28.8 Å². The van der Waals surface area contributed by atoms with Gasteiger partial charge in [0, 0.05) is 29.2 Å². The molecule has 0 saturated heterocycles. The summed E-state index contributed by atoms with van der Waals surface area (Å²) < 4.78 is 0. The third-order valence-electron chi connectivity index (χ3n) is 4.32. The Morgan fingerprint density at radius 2 is 1.00 bits per heavy atom. The van der Waals surface area contributed by atoms with E-state index in [1.807, 2.05) is 30.3 Å². The Kier molecular flexibility index (Phi) is 7.34. The van der Waals surface area contributed by atoms with Crippen molar-refractivity contribution in [2.75, 3.05) is 11.2 Å². The van der Waals surface area contributed by atoms with Gasteiger partial charge in [0.1, 0.15) is 6.26 Å². The van der Waals surface area contributed by atoms with E-state index in [2.05, 4.69) is 103 Å². The van der Waals surface area contributed by atoms with Gasteiger partial charge in [0.2, 0.25) is 0 Å². The molecule has 0 saturated carbocycles. The monoisotopic (exact) mass is 384 g/mol. The molecule has 0 aromatic heterocycles. The number of anilines is 3. The molecule has 0 atom stereocenters. The van der Waals surface area contributed by atoms with E-state index in [0.717, 1.165) is 0 Å². The van der Waals surface area contributed by atoms with E-state index in [0.29, 0.717) is 0 Å². The van der Waals surface area contributed by atoms with Crippen molar-refractivity contribution in [1.29, 1.82) is 0 Å². The van der Waals surface area contributed by atoms with E-state index >= 15 is 0 Å². The molecule has 4 aromatic rings. The van der Waals surface area contributed by atoms with Gasteiger partial charge in [-0.15, -0.1) is 0 Å². The maximum atomic E-state index is 2.29. The Labute approximate surface area is 172 Å². The summed E-state index contributed by atoms with van der Waals surface area (Å²) in [5.41, 5.74) is 4.86. The highest BCUT2D eigenvalue weighted by Crippen LogP contribution is 2.34. The molecule has 0 fully saturated rings. The van der Waals surface area contributed by atoms with E-state index in [-0.39, 0.29) is 0 Å². The summed E-state index contributed by atoms with van der Waals surface area (Å²) >= 11 is 1.29. The molecule has 0 aliphatic heterocycles. The van der Waals surface area contributed by atoms with E-state index in [4.69, 9.17) is 0 Å². The summed E-state index contributed by atoms with van der Waals surface area (Å²) in [6, 6.07) is 39.9. The zero-order valence-electron chi connectivity index (χ0n) is 16.4. The number of aryl methyl sites for hydroxylation is 1. The molecule has 140 valence electrons. The van der Waals surface area contributed by atoms with E-state index in [1.54, 1.807) is 0 Å². The summed E-state index contributed by atoms with van der Waals surface area (Å²) in [4.78, 5) is 3.61. The van der Waals surface area contributed by atoms with Gasteiger partial charge in [-0.2, -0.15) is 0 Å². The molecule has 4 aromatic carbocycles. The predicted octanol–water partition coefficient (Wildman–Crippen LogP) is 6.96. The van der Waals surface area contributed by atoms with Gasteiger partial charge in [-0.1, -0.05) is 78.4 Å². The molecule has 0 unspecified atom stereocenters. The average molecular weight is 385 g/mol. The average Bonchev–Trinajstić information content (AvgIpc) is 2.77. The summed E-state index contributed by atoms with van der Waals surface area (Å²) in [5, 5.41) is 0. The third-order valence-corrected chi connectivity index (χ3v) is 5.11. The minimum absolute atomic E-state index is 1.17. The van der Waals surface area contributed by atoms with Crippen LogP contribution < -0.4 is 4.90 Å². The molecule has 0 aliphatic carbocycles. The first-order chi connectivity index (χ1) is 13.8. The Hall–Kier alpha value is -2.97. The fourth-order valence-electron chi connectivity index (χ4n) is 2.91. The van der Waals surface area contributed by atoms with Crippen molar-refractivity contribution in [3.63, 3.8) is 0 Å². The highest BCUT2D eigenvalue weighted by molar-refractivity contribution is 7.77. The van der Waals surface area contributed by atoms with Crippen LogP contribution in [-0.4, -0.2) is 6.26 Å². The predicted molar refractivity (Wildman–Crippen MR) is 125 cm³/mol. The van der Waals surface area contributed by atoms with Gasteiger partial charge >= 0.3 is 0 Å². The minimum Gasteiger partial charge on any atom is -0.310 e. The van der Waals surface area contributed by atoms with Gasteiger partial charge in [-0.05, 0) is 43.3 Å². The number of hydrogen-bond acceptors (Lipinski definition) is 1. The molecule has 0 aliphatic rings. The van der Waals surface area contributed by atoms with Gasteiger partial charge in [0.15, 0.2) is 4.90 Å². The minimum atomic E-state index is 1.17. The number of thiol groups is 1. The first-order valence-electron chi connectivity index (χ1n) is 9.40. The Balaban J connectivity index is 0.000000271. The van der Waals surface area contributed by atoms with Crippen LogP contribution in [0.4, 0.5) is 17.1 Å². The van der Waals surface area contributed by atoms with Crippen LogP contribution >= 0.6 is 0 Å². The highest BCUT2D eigenvalue weighted by Gasteiger charge is 2.12. The van der Waals surface area contributed by atoms with Crippen molar-refractivity contribution in [3.05, 3.63) is 121 Å². The van der Waals surface area contributed by atoms with Crippen LogP contribution in [0, 0.1) is 6.92 Å². The Morgan fingerprint density at radius 3 is 1.43 bits per heavy atom. The summed E-state index contributed by atoms with van der Waals surface area (Å²) in [6.07, 6.45) is 2.16. The number of para-hydroxylation sites is 2. The molecule has 0 radical (unpaired) electrons. The van der Waals surface area contributed by atoms with E-state index in [9.17, 15) is 0 Å². The van der Waals surface area contributed by atoms with Gasteiger partial charge < -0.3 is 4.90 Å². The zero-order valence-corrected chi connectivity index (χ0v) is 17.3. The van der Waals surface area contributed by atoms with Crippen molar-refractivity contribution in [1.82, 2.24) is 0 Å². The largest absolute Gasteiger partial charge is 0.310 e. The fourth-order valence-corrected chi connectivity index (χ4v) is 3.40. The lowest BCUT2D eigenvalue weighted by molar-refractivity contribution is 1.26. The van der Waals surface area contributed by atoms with Crippen molar-refractivity contribution in [2.24, 2.45) is 0 Å². The SMILES string of the molecule is C[SH+]c1cccc(N(c2ccccc2)c2ccccc2)c1.Cc1ccccc1. The van der Waals surface area contributed by atoms with Gasteiger partial charge in [0.05, 0.1) is 5.69 Å². The molecule has 0 heterocycles. The quantitative estimate of drug-likeness (QED) is 0.272. The number of nitrogens with zero attached hydrogens (tertiary/aromatic N) is 1. The highest BCUT2D eigenvalue weighted by atomic mass is 32.2. The standard InChI is InChI=1S/C19H17NS.C7H8/c1-21-19-14-8-13-18(15-19)20(16-9-4-2-5-10-16)17-11-6-3-7-12-17;1-7-5-3-2-4-6-7/h2-15H,1H3;2-6H,1H3/p+1. The Bertz CT molecular complexity index is 914. The molecule has 0 N–H and O–H groups in total. The first kappa shape index (κ1) is 19.8. The van der Waals surface area contributed by atoms with Crippen LogP contribution in [0.3, 0.4) is 0 Å². The second-order valence-electron chi connectivity index (χ2n) is 6.40. The van der Waals surface area contributed by atoms with Crippen LogP contribution in [0.2, 0.25) is 0 Å². The Morgan fingerprint density at radius 1 is 0.536 bits per heavy atom. The molecule has 2 heteroatoms. The molecule has 0 bridgehead atoms. The molecule has 1 nitrogen and oxygen atoms in total. The topological polar surface area (TPSA) is 3.24 Å². The van der Waals surface area contributed by atoms with Crippen molar-refractivity contribution in [3.8, 4) is 0 Å². The maximum Gasteiger partial charge on any atom is 0.154 e. The third kappa shape index (κ3) is 5.51. The van der Waals surface area contributed by atoms with Gasteiger partial charge in [-0.3, -0.25) is 0 Å². The van der Waals surface area contributed by atoms with Gasteiger partial charge in [0.25, 0.3) is 0 Å². The van der Waals surface area contributed by atoms with E-state index < -0.39 is 0 Å². The first-order valence-corrected chi connectivity index (χ1v) is 10.7.